The molecule has 4 aromatic rings. The summed E-state index contributed by atoms with van der Waals surface area (Å²) >= 11 is 0. The van der Waals surface area contributed by atoms with Gasteiger partial charge >= 0.3 is 5.97 Å². The van der Waals surface area contributed by atoms with Gasteiger partial charge in [0, 0.05) is 25.1 Å². The van der Waals surface area contributed by atoms with Crippen molar-refractivity contribution in [1.82, 2.24) is 14.5 Å². The van der Waals surface area contributed by atoms with E-state index in [1.807, 2.05) is 44.4 Å². The smallest absolute Gasteiger partial charge is 0.326 e. The first kappa shape index (κ1) is 34.6. The SMILES string of the molecule is CCOC(=O)CN(c1ccc2c(c1)nc(Cc1ccc(C(=N)N)cc1)n2CCN(C)C)S(=O)(=O)c1ccccc1.Cl.Cl. The van der Waals surface area contributed by atoms with Crippen LogP contribution in [0.3, 0.4) is 0 Å². The molecule has 0 saturated heterocycles. The largest absolute Gasteiger partial charge is 0.465 e. The van der Waals surface area contributed by atoms with Gasteiger partial charge in [-0.15, -0.1) is 24.8 Å². The molecule has 0 fully saturated rings. The van der Waals surface area contributed by atoms with Gasteiger partial charge in [-0.25, -0.2) is 13.4 Å². The van der Waals surface area contributed by atoms with E-state index in [-0.39, 0.29) is 42.2 Å². The van der Waals surface area contributed by atoms with E-state index < -0.39 is 22.5 Å². The van der Waals surface area contributed by atoms with Crippen molar-refractivity contribution in [3.63, 3.8) is 0 Å². The Kier molecular flexibility index (Phi) is 12.4. The molecule has 4 rings (SSSR count). The lowest BCUT2D eigenvalue weighted by atomic mass is 10.1. The number of nitrogens with one attached hydrogen (secondary N) is 1. The molecule has 0 aliphatic rings. The van der Waals surface area contributed by atoms with E-state index in [1.54, 1.807) is 37.3 Å². The minimum absolute atomic E-state index is 0. The molecule has 42 heavy (non-hydrogen) atoms. The summed E-state index contributed by atoms with van der Waals surface area (Å²) in [7, 11) is -0.0587. The van der Waals surface area contributed by atoms with Crippen molar-refractivity contribution in [2.24, 2.45) is 5.73 Å². The fraction of sp³-hybridized carbons (Fsp3) is 0.276. The summed E-state index contributed by atoms with van der Waals surface area (Å²) in [6, 6.07) is 20.7. The second kappa shape index (κ2) is 15.0. The van der Waals surface area contributed by atoms with Gasteiger partial charge in [0.25, 0.3) is 10.0 Å². The van der Waals surface area contributed by atoms with Crippen molar-refractivity contribution in [3.8, 4) is 0 Å². The molecule has 0 saturated carbocycles. The fourth-order valence-electron chi connectivity index (χ4n) is 4.35. The Morgan fingerprint density at radius 3 is 2.29 bits per heavy atom. The number of sulfonamides is 1. The third kappa shape index (κ3) is 8.01. The maximum Gasteiger partial charge on any atom is 0.326 e. The van der Waals surface area contributed by atoms with Crippen LogP contribution >= 0.6 is 24.8 Å². The number of esters is 1. The Morgan fingerprint density at radius 2 is 1.69 bits per heavy atom. The van der Waals surface area contributed by atoms with E-state index in [1.165, 1.54) is 12.1 Å². The Bertz CT molecular complexity index is 1610. The number of hydrogen-bond acceptors (Lipinski definition) is 7. The van der Waals surface area contributed by atoms with Crippen molar-refractivity contribution >= 4 is 63.4 Å². The van der Waals surface area contributed by atoms with E-state index in [2.05, 4.69) is 9.47 Å². The zero-order valence-electron chi connectivity index (χ0n) is 23.7. The number of likely N-dealkylation sites (N-methyl/N-ethyl adjacent to an activating group) is 1. The Hall–Kier alpha value is -3.64. The van der Waals surface area contributed by atoms with Gasteiger partial charge in [0.15, 0.2) is 0 Å². The molecule has 0 amide bonds. The summed E-state index contributed by atoms with van der Waals surface area (Å²) in [4.78, 5) is 19.5. The number of anilines is 1. The number of benzene rings is 3. The molecular formula is C29H36Cl2N6O4S. The van der Waals surface area contributed by atoms with Crippen molar-refractivity contribution in [3.05, 3.63) is 89.7 Å². The van der Waals surface area contributed by atoms with Crippen LogP contribution < -0.4 is 10.0 Å². The predicted molar refractivity (Wildman–Crippen MR) is 171 cm³/mol. The standard InChI is InChI=1S/C29H34N6O4S.2ClH/c1-4-39-28(36)20-35(40(37,38)24-8-6-5-7-9-24)23-14-15-26-25(19-23)32-27(34(26)17-16-33(2)3)18-21-10-12-22(13-11-21)29(30)31;;/h5-15,19H,4,16-18,20H2,1-3H3,(H3,30,31);2*1H. The quantitative estimate of drug-likeness (QED) is 0.136. The maximum absolute atomic E-state index is 13.6. The summed E-state index contributed by atoms with van der Waals surface area (Å²) in [6.45, 7) is 2.81. The fourth-order valence-corrected chi connectivity index (χ4v) is 5.77. The number of nitrogens with two attached hydrogens (primary N) is 1. The number of rotatable bonds is 12. The van der Waals surface area contributed by atoms with Gasteiger partial charge < -0.3 is 19.9 Å². The minimum Gasteiger partial charge on any atom is -0.465 e. The highest BCUT2D eigenvalue weighted by molar-refractivity contribution is 7.92. The number of aromatic nitrogens is 2. The van der Waals surface area contributed by atoms with Gasteiger partial charge in [-0.05, 0) is 56.9 Å². The van der Waals surface area contributed by atoms with E-state index in [9.17, 15) is 13.2 Å². The normalized spacial score (nSPS) is 11.0. The predicted octanol–water partition coefficient (Wildman–Crippen LogP) is 4.07. The van der Waals surface area contributed by atoms with E-state index in [0.29, 0.717) is 29.7 Å². The third-order valence-corrected chi connectivity index (χ3v) is 8.19. The monoisotopic (exact) mass is 634 g/mol. The van der Waals surface area contributed by atoms with Crippen LogP contribution in [0.15, 0.2) is 77.7 Å². The summed E-state index contributed by atoms with van der Waals surface area (Å²) in [6.07, 6.45) is 0.532. The van der Waals surface area contributed by atoms with Crippen LogP contribution in [-0.4, -0.2) is 68.5 Å². The Balaban J connectivity index is 0.00000308. The van der Waals surface area contributed by atoms with Crippen molar-refractivity contribution in [2.45, 2.75) is 24.8 Å². The molecule has 0 spiro atoms. The van der Waals surface area contributed by atoms with Crippen molar-refractivity contribution < 1.29 is 17.9 Å². The Morgan fingerprint density at radius 1 is 1.02 bits per heavy atom. The molecule has 10 nitrogen and oxygen atoms in total. The van der Waals surface area contributed by atoms with Gasteiger partial charge in [0.1, 0.15) is 18.2 Å². The van der Waals surface area contributed by atoms with Gasteiger partial charge in [0.2, 0.25) is 0 Å². The molecule has 0 atom stereocenters. The number of carbonyl (C=O) groups excluding carboxylic acids is 1. The molecule has 1 heterocycles. The minimum atomic E-state index is -4.06. The molecular weight excluding hydrogens is 599 g/mol. The molecule has 3 N–H and O–H groups in total. The molecule has 226 valence electrons. The summed E-state index contributed by atoms with van der Waals surface area (Å²) in [5.41, 5.74) is 9.04. The molecule has 0 unspecified atom stereocenters. The first-order valence-electron chi connectivity index (χ1n) is 12.9. The first-order chi connectivity index (χ1) is 19.1. The molecule has 0 bridgehead atoms. The molecule has 0 aliphatic heterocycles. The number of imidazole rings is 1. The van der Waals surface area contributed by atoms with E-state index in [4.69, 9.17) is 20.9 Å². The number of nitrogen functional groups attached to an aromatic ring is 1. The lowest BCUT2D eigenvalue weighted by Gasteiger charge is -2.23. The van der Waals surface area contributed by atoms with Gasteiger partial charge in [-0.3, -0.25) is 14.5 Å². The number of hydrogen-bond donors (Lipinski definition) is 2. The van der Waals surface area contributed by atoms with Crippen molar-refractivity contribution in [1.29, 1.82) is 5.41 Å². The summed E-state index contributed by atoms with van der Waals surface area (Å²) in [5.74, 6) is 0.177. The topological polar surface area (TPSA) is 135 Å². The average molecular weight is 636 g/mol. The number of amidine groups is 1. The molecule has 0 aliphatic carbocycles. The van der Waals surface area contributed by atoms with Crippen LogP contribution in [0.4, 0.5) is 5.69 Å². The summed E-state index contributed by atoms with van der Waals surface area (Å²) < 4.78 is 35.6. The lowest BCUT2D eigenvalue weighted by Crippen LogP contribution is -2.36. The maximum atomic E-state index is 13.6. The number of ether oxygens (including phenoxy) is 1. The van der Waals surface area contributed by atoms with Crippen LogP contribution in [0.25, 0.3) is 11.0 Å². The highest BCUT2D eigenvalue weighted by Gasteiger charge is 2.28. The zero-order valence-corrected chi connectivity index (χ0v) is 26.1. The van der Waals surface area contributed by atoms with E-state index >= 15 is 0 Å². The number of nitrogens with zero attached hydrogens (tertiary/aromatic N) is 4. The summed E-state index contributed by atoms with van der Waals surface area (Å²) in [5, 5.41) is 7.63. The van der Waals surface area contributed by atoms with Crippen molar-refractivity contribution in [2.75, 3.05) is 38.1 Å². The van der Waals surface area contributed by atoms with Crippen LogP contribution in [0.5, 0.6) is 0 Å². The first-order valence-corrected chi connectivity index (χ1v) is 14.3. The van der Waals surface area contributed by atoms with E-state index in [0.717, 1.165) is 27.8 Å². The lowest BCUT2D eigenvalue weighted by molar-refractivity contribution is -0.141. The highest BCUT2D eigenvalue weighted by atomic mass is 35.5. The third-order valence-electron chi connectivity index (χ3n) is 6.41. The molecule has 13 heteroatoms. The zero-order chi connectivity index (χ0) is 28.9. The van der Waals surface area contributed by atoms with Crippen LogP contribution in [0.1, 0.15) is 23.9 Å². The van der Waals surface area contributed by atoms with Gasteiger partial charge in [0.05, 0.1) is 28.2 Å². The average Bonchev–Trinajstić information content (AvgIpc) is 3.27. The van der Waals surface area contributed by atoms with Crippen LogP contribution in [-0.2, 0) is 32.5 Å². The highest BCUT2D eigenvalue weighted by Crippen LogP contribution is 2.28. The van der Waals surface area contributed by atoms with Crippen LogP contribution in [0, 0.1) is 5.41 Å². The number of carbonyl (C=O) groups is 1. The van der Waals surface area contributed by atoms with Gasteiger partial charge in [-0.2, -0.15) is 0 Å². The number of halogens is 2. The van der Waals surface area contributed by atoms with Gasteiger partial charge in [-0.1, -0.05) is 42.5 Å². The Labute approximate surface area is 258 Å². The second-order valence-electron chi connectivity index (χ2n) is 9.57. The molecule has 1 aromatic heterocycles. The van der Waals surface area contributed by atoms with Crippen LogP contribution in [0.2, 0.25) is 0 Å². The molecule has 3 aromatic carbocycles. The molecule has 0 radical (unpaired) electrons. The number of fused-ring (bicyclic) bond motifs is 1. The second-order valence-corrected chi connectivity index (χ2v) is 11.4.